The zero-order chi connectivity index (χ0) is 16.2. The number of nitrogens with one attached hydrogen (secondary N) is 1. The molecule has 0 aliphatic rings. The summed E-state index contributed by atoms with van der Waals surface area (Å²) in [5.74, 6) is -0.186. The summed E-state index contributed by atoms with van der Waals surface area (Å²) in [7, 11) is 1.70. The van der Waals surface area contributed by atoms with Gasteiger partial charge in [0.1, 0.15) is 12.2 Å². The number of carbonyl (C=O) groups excluding carboxylic acids is 1. The number of carbonyl (C=O) groups is 1. The van der Waals surface area contributed by atoms with Crippen LogP contribution in [-0.2, 0) is 18.3 Å². The highest BCUT2D eigenvalue weighted by Crippen LogP contribution is 2.32. The van der Waals surface area contributed by atoms with Crippen molar-refractivity contribution in [3.8, 4) is 0 Å². The van der Waals surface area contributed by atoms with Crippen LogP contribution in [0.3, 0.4) is 0 Å². The lowest BCUT2D eigenvalue weighted by molar-refractivity contribution is -0.163. The molecule has 6 nitrogen and oxygen atoms in total. The molecule has 2 heterocycles. The third-order valence-electron chi connectivity index (χ3n) is 3.03. The van der Waals surface area contributed by atoms with E-state index in [0.717, 1.165) is 6.20 Å². The van der Waals surface area contributed by atoms with Gasteiger partial charge in [-0.15, -0.1) is 10.2 Å². The summed E-state index contributed by atoms with van der Waals surface area (Å²) in [4.78, 5) is 15.4. The number of amides is 1. The van der Waals surface area contributed by atoms with Gasteiger partial charge in [0.25, 0.3) is 0 Å². The molecule has 2 rings (SSSR count). The van der Waals surface area contributed by atoms with E-state index >= 15 is 0 Å². The normalized spacial score (nSPS) is 12.9. The van der Waals surface area contributed by atoms with Crippen LogP contribution in [0.25, 0.3) is 0 Å². The van der Waals surface area contributed by atoms with Gasteiger partial charge in [-0.25, -0.2) is 0 Å². The Morgan fingerprint density at radius 2 is 2.23 bits per heavy atom. The number of nitrogens with zero attached hydrogens (tertiary/aromatic N) is 4. The van der Waals surface area contributed by atoms with E-state index in [-0.39, 0.29) is 18.4 Å². The molecule has 0 radical (unpaired) electrons. The van der Waals surface area contributed by atoms with Gasteiger partial charge in [0, 0.05) is 37.8 Å². The molecule has 0 aliphatic heterocycles. The summed E-state index contributed by atoms with van der Waals surface area (Å²) in [6.07, 6.45) is -0.585. The van der Waals surface area contributed by atoms with Gasteiger partial charge in [0.2, 0.25) is 5.91 Å². The molecule has 118 valence electrons. The number of halogens is 3. The molecule has 0 spiro atoms. The monoisotopic (exact) mass is 313 g/mol. The molecule has 0 bridgehead atoms. The highest BCUT2D eigenvalue weighted by molar-refractivity contribution is 5.76. The Bertz CT molecular complexity index is 626. The average Bonchev–Trinajstić information content (AvgIpc) is 2.87. The Morgan fingerprint density at radius 1 is 1.45 bits per heavy atom. The zero-order valence-electron chi connectivity index (χ0n) is 11.7. The highest BCUT2D eigenvalue weighted by Gasteiger charge is 2.41. The van der Waals surface area contributed by atoms with E-state index in [1.165, 1.54) is 24.7 Å². The maximum absolute atomic E-state index is 13.1. The number of aryl methyl sites for hydroxylation is 2. The van der Waals surface area contributed by atoms with Crippen LogP contribution in [-0.4, -0.2) is 31.8 Å². The standard InChI is InChI=1S/C13H14F3N5O/c1-21-8-18-20-10(21)4-5-11(22)19-12(13(14,15)16)9-3-2-6-17-7-9/h2-3,6-8,12H,4-5H2,1H3,(H,19,22)/t12-/m1/s1. The van der Waals surface area contributed by atoms with Gasteiger partial charge in [-0.1, -0.05) is 6.07 Å². The number of hydrogen-bond donors (Lipinski definition) is 1. The minimum atomic E-state index is -4.59. The predicted octanol–water partition coefficient (Wildman–Crippen LogP) is 1.56. The molecule has 0 aliphatic carbocycles. The molecule has 22 heavy (non-hydrogen) atoms. The van der Waals surface area contributed by atoms with Crippen LogP contribution < -0.4 is 5.32 Å². The third kappa shape index (κ3) is 4.03. The smallest absolute Gasteiger partial charge is 0.341 e. The van der Waals surface area contributed by atoms with E-state index in [2.05, 4.69) is 15.2 Å². The summed E-state index contributed by atoms with van der Waals surface area (Å²) in [6, 6.07) is 0.585. The molecule has 9 heteroatoms. The lowest BCUT2D eigenvalue weighted by atomic mass is 10.1. The first-order valence-corrected chi connectivity index (χ1v) is 6.47. The van der Waals surface area contributed by atoms with Gasteiger partial charge in [0.05, 0.1) is 0 Å². The maximum Gasteiger partial charge on any atom is 0.412 e. The van der Waals surface area contributed by atoms with Crippen molar-refractivity contribution >= 4 is 5.91 Å². The van der Waals surface area contributed by atoms with E-state index in [0.29, 0.717) is 5.82 Å². The van der Waals surface area contributed by atoms with E-state index in [1.54, 1.807) is 11.6 Å². The lowest BCUT2D eigenvalue weighted by Gasteiger charge is -2.21. The van der Waals surface area contributed by atoms with Crippen LogP contribution in [0, 0.1) is 0 Å². The number of pyridine rings is 1. The number of rotatable bonds is 5. The van der Waals surface area contributed by atoms with Crippen molar-refractivity contribution in [1.82, 2.24) is 25.1 Å². The average molecular weight is 313 g/mol. The van der Waals surface area contributed by atoms with E-state index < -0.39 is 18.1 Å². The SMILES string of the molecule is Cn1cnnc1CCC(=O)N[C@H](c1cccnc1)C(F)(F)F. The number of hydrogen-bond acceptors (Lipinski definition) is 4. The molecule has 0 saturated carbocycles. The summed E-state index contributed by atoms with van der Waals surface area (Å²) < 4.78 is 40.8. The van der Waals surface area contributed by atoms with Crippen LogP contribution in [0.4, 0.5) is 13.2 Å². The number of aromatic nitrogens is 4. The molecule has 2 aromatic rings. The Balaban J connectivity index is 2.01. The molecule has 0 aromatic carbocycles. The Morgan fingerprint density at radius 3 is 2.77 bits per heavy atom. The zero-order valence-corrected chi connectivity index (χ0v) is 11.7. The largest absolute Gasteiger partial charge is 0.412 e. The van der Waals surface area contributed by atoms with Crippen molar-refractivity contribution in [3.63, 3.8) is 0 Å². The second-order valence-corrected chi connectivity index (χ2v) is 4.69. The summed E-state index contributed by atoms with van der Waals surface area (Å²) in [5.41, 5.74) is -0.109. The highest BCUT2D eigenvalue weighted by atomic mass is 19.4. The predicted molar refractivity (Wildman–Crippen MR) is 70.5 cm³/mol. The van der Waals surface area contributed by atoms with Crippen molar-refractivity contribution in [1.29, 1.82) is 0 Å². The first kappa shape index (κ1) is 15.9. The molecule has 2 aromatic heterocycles. The van der Waals surface area contributed by atoms with Gasteiger partial charge in [0.15, 0.2) is 6.04 Å². The Labute approximate surface area is 124 Å². The van der Waals surface area contributed by atoms with Gasteiger partial charge in [-0.3, -0.25) is 9.78 Å². The van der Waals surface area contributed by atoms with Gasteiger partial charge >= 0.3 is 6.18 Å². The van der Waals surface area contributed by atoms with E-state index in [4.69, 9.17) is 0 Å². The van der Waals surface area contributed by atoms with Crippen molar-refractivity contribution in [2.24, 2.45) is 7.05 Å². The third-order valence-corrected chi connectivity index (χ3v) is 3.03. The second kappa shape index (κ2) is 6.54. The Hall–Kier alpha value is -2.45. The molecule has 0 saturated heterocycles. The topological polar surface area (TPSA) is 72.7 Å². The van der Waals surface area contributed by atoms with Crippen molar-refractivity contribution in [2.45, 2.75) is 25.1 Å². The minimum absolute atomic E-state index is 0.109. The molecule has 1 N–H and O–H groups in total. The lowest BCUT2D eigenvalue weighted by Crippen LogP contribution is -2.38. The van der Waals surface area contributed by atoms with Crippen LogP contribution in [0.5, 0.6) is 0 Å². The quantitative estimate of drug-likeness (QED) is 0.909. The van der Waals surface area contributed by atoms with Crippen LogP contribution >= 0.6 is 0 Å². The molecular formula is C13H14F3N5O. The van der Waals surface area contributed by atoms with Crippen LogP contribution in [0.1, 0.15) is 23.9 Å². The van der Waals surface area contributed by atoms with Crippen LogP contribution in [0.2, 0.25) is 0 Å². The molecule has 0 fully saturated rings. The fourth-order valence-corrected chi connectivity index (χ4v) is 1.89. The van der Waals surface area contributed by atoms with Crippen molar-refractivity contribution in [2.75, 3.05) is 0 Å². The van der Waals surface area contributed by atoms with Gasteiger partial charge in [-0.05, 0) is 6.07 Å². The molecular weight excluding hydrogens is 299 g/mol. The van der Waals surface area contributed by atoms with Crippen molar-refractivity contribution < 1.29 is 18.0 Å². The van der Waals surface area contributed by atoms with Gasteiger partial charge in [-0.2, -0.15) is 13.2 Å². The fraction of sp³-hybridized carbons (Fsp3) is 0.385. The first-order valence-electron chi connectivity index (χ1n) is 6.47. The van der Waals surface area contributed by atoms with E-state index in [1.807, 2.05) is 5.32 Å². The second-order valence-electron chi connectivity index (χ2n) is 4.69. The molecule has 1 atom stereocenters. The van der Waals surface area contributed by atoms with E-state index in [9.17, 15) is 18.0 Å². The molecule has 0 unspecified atom stereocenters. The van der Waals surface area contributed by atoms with Crippen LogP contribution in [0.15, 0.2) is 30.9 Å². The Kier molecular flexibility index (Phi) is 4.74. The minimum Gasteiger partial charge on any atom is -0.341 e. The van der Waals surface area contributed by atoms with Crippen molar-refractivity contribution in [3.05, 3.63) is 42.2 Å². The first-order chi connectivity index (χ1) is 10.4. The summed E-state index contributed by atoms with van der Waals surface area (Å²) >= 11 is 0. The summed E-state index contributed by atoms with van der Waals surface area (Å²) in [5, 5.41) is 9.41. The maximum atomic E-state index is 13.1. The summed E-state index contributed by atoms with van der Waals surface area (Å²) in [6.45, 7) is 0. The van der Waals surface area contributed by atoms with Gasteiger partial charge < -0.3 is 9.88 Å². The number of alkyl halides is 3. The molecule has 1 amide bonds. The fourth-order valence-electron chi connectivity index (χ4n) is 1.89.